The van der Waals surface area contributed by atoms with Crippen LogP contribution in [0.1, 0.15) is 24.2 Å². The number of fused-ring (bicyclic) bond motifs is 1. The number of H-pyrrole nitrogens is 1. The first-order chi connectivity index (χ1) is 19.5. The van der Waals surface area contributed by atoms with Crippen LogP contribution in [0.4, 0.5) is 5.82 Å². The number of hydrogen-bond donors (Lipinski definition) is 2. The van der Waals surface area contributed by atoms with Gasteiger partial charge in [0.25, 0.3) is 0 Å². The third-order valence-corrected chi connectivity index (χ3v) is 9.48. The van der Waals surface area contributed by atoms with Crippen LogP contribution in [-0.2, 0) is 16.6 Å². The molecule has 0 amide bonds. The van der Waals surface area contributed by atoms with Gasteiger partial charge in [-0.1, -0.05) is 23.2 Å². The maximum Gasteiger partial charge on any atom is 0.211 e. The zero-order valence-electron chi connectivity index (χ0n) is 22.6. The van der Waals surface area contributed by atoms with Gasteiger partial charge in [-0.05, 0) is 19.1 Å². The number of hydrogen-bond acceptors (Lipinski definition) is 9. The number of pyridine rings is 2. The highest BCUT2D eigenvalue weighted by atomic mass is 35.5. The summed E-state index contributed by atoms with van der Waals surface area (Å²) in [5.41, 5.74) is 3.31. The third-order valence-electron chi connectivity index (χ3n) is 7.68. The van der Waals surface area contributed by atoms with Crippen LogP contribution >= 0.6 is 23.2 Å². The van der Waals surface area contributed by atoms with E-state index in [-0.39, 0.29) is 12.0 Å². The highest BCUT2D eigenvalue weighted by Crippen LogP contribution is 2.44. The Morgan fingerprint density at radius 1 is 1.10 bits per heavy atom. The van der Waals surface area contributed by atoms with Crippen LogP contribution in [0.5, 0.6) is 11.5 Å². The molecular formula is C27H28Cl2N6O5S. The topological polar surface area (TPSA) is 134 Å². The lowest BCUT2D eigenvalue weighted by Gasteiger charge is -2.59. The summed E-state index contributed by atoms with van der Waals surface area (Å²) in [5.74, 6) is 1.66. The van der Waals surface area contributed by atoms with Crippen molar-refractivity contribution in [2.24, 2.45) is 5.41 Å². The lowest BCUT2D eigenvalue weighted by molar-refractivity contribution is 0.0392. The Morgan fingerprint density at radius 2 is 1.80 bits per heavy atom. The van der Waals surface area contributed by atoms with Crippen LogP contribution in [0.3, 0.4) is 0 Å². The first kappa shape index (κ1) is 28.0. The Morgan fingerprint density at radius 3 is 2.44 bits per heavy atom. The SMILES string of the molecule is COc1cc2[nH]nc(-c3cnc(N4CC5(C4)CN(S(C)(=O)=O)C5)c(CO)c3)c2cc1O[C@H](C)c1c(Cl)cncc1Cl. The number of halogens is 2. The van der Waals surface area contributed by atoms with Crippen LogP contribution < -0.4 is 14.4 Å². The first-order valence-electron chi connectivity index (χ1n) is 12.8. The number of nitrogens with one attached hydrogen (secondary N) is 1. The summed E-state index contributed by atoms with van der Waals surface area (Å²) in [6.07, 6.45) is 5.49. The third kappa shape index (κ3) is 4.97. The van der Waals surface area contributed by atoms with Crippen molar-refractivity contribution in [3.8, 4) is 22.8 Å². The number of aromatic amines is 1. The number of ether oxygens (including phenoxy) is 2. The van der Waals surface area contributed by atoms with E-state index in [1.165, 1.54) is 23.0 Å². The van der Waals surface area contributed by atoms with E-state index in [0.29, 0.717) is 70.4 Å². The van der Waals surface area contributed by atoms with Crippen molar-refractivity contribution in [3.63, 3.8) is 0 Å². The Hall–Kier alpha value is -3.16. The number of methoxy groups -OCH3 is 1. The summed E-state index contributed by atoms with van der Waals surface area (Å²) in [7, 11) is -1.62. The second kappa shape index (κ2) is 10.3. The van der Waals surface area contributed by atoms with Crippen molar-refractivity contribution in [3.05, 3.63) is 58.0 Å². The zero-order chi connectivity index (χ0) is 29.1. The average Bonchev–Trinajstić information content (AvgIpc) is 3.28. The lowest BCUT2D eigenvalue weighted by Crippen LogP contribution is -2.73. The van der Waals surface area contributed by atoms with E-state index >= 15 is 0 Å². The summed E-state index contributed by atoms with van der Waals surface area (Å²) < 4.78 is 36.9. The zero-order valence-corrected chi connectivity index (χ0v) is 24.9. The minimum atomic E-state index is -3.17. The molecule has 1 atom stereocenters. The molecule has 0 unspecified atom stereocenters. The molecule has 0 bridgehead atoms. The van der Waals surface area contributed by atoms with Crippen LogP contribution in [0, 0.1) is 5.41 Å². The second-order valence-electron chi connectivity index (χ2n) is 10.6. The lowest BCUT2D eigenvalue weighted by atomic mass is 9.74. The molecule has 11 nitrogen and oxygen atoms in total. The van der Waals surface area contributed by atoms with Crippen molar-refractivity contribution < 1.29 is 23.0 Å². The molecule has 3 aromatic heterocycles. The van der Waals surface area contributed by atoms with Crippen LogP contribution in [0.25, 0.3) is 22.2 Å². The Balaban J connectivity index is 1.27. The van der Waals surface area contributed by atoms with Gasteiger partial charge in [-0.2, -0.15) is 5.10 Å². The number of aliphatic hydroxyl groups is 1. The van der Waals surface area contributed by atoms with E-state index in [1.54, 1.807) is 19.4 Å². The minimum absolute atomic E-state index is 0.0497. The van der Waals surface area contributed by atoms with Crippen LogP contribution in [0.2, 0.25) is 10.0 Å². The second-order valence-corrected chi connectivity index (χ2v) is 13.4. The van der Waals surface area contributed by atoms with Gasteiger partial charge in [0.15, 0.2) is 11.5 Å². The Kier molecular flexibility index (Phi) is 7.02. The van der Waals surface area contributed by atoms with Gasteiger partial charge >= 0.3 is 0 Å². The normalized spacial score (nSPS) is 17.4. The number of aromatic nitrogens is 4. The number of rotatable bonds is 8. The summed E-state index contributed by atoms with van der Waals surface area (Å²) in [4.78, 5) is 10.8. The molecule has 14 heteroatoms. The fourth-order valence-electron chi connectivity index (χ4n) is 5.64. The van der Waals surface area contributed by atoms with Crippen LogP contribution in [-0.4, -0.2) is 77.5 Å². The van der Waals surface area contributed by atoms with Gasteiger partial charge in [0.2, 0.25) is 10.0 Å². The number of anilines is 1. The van der Waals surface area contributed by atoms with Gasteiger partial charge in [0.05, 0.1) is 35.5 Å². The fraction of sp³-hybridized carbons (Fsp3) is 0.370. The standard InChI is InChI=1S/C27H28Cl2N6O5S/c1-15(24-19(28)8-30-9-20(24)29)40-23-5-18-21(6-22(23)39-2)32-33-25(18)16-4-17(10-36)26(31-7-16)34-11-27(12-34)13-35(14-27)41(3,37)38/h4-9,15,36H,10-14H2,1-3H3,(H,32,33)/t15-/m1/s1. The fourth-order valence-corrected chi connectivity index (χ4v) is 7.33. The molecule has 1 spiro atoms. The Labute approximate surface area is 247 Å². The quantitative estimate of drug-likeness (QED) is 0.300. The summed E-state index contributed by atoms with van der Waals surface area (Å²) in [5, 5.41) is 19.3. The number of sulfonamides is 1. The molecular weight excluding hydrogens is 591 g/mol. The highest BCUT2D eigenvalue weighted by molar-refractivity contribution is 7.88. The molecule has 4 aromatic rings. The number of nitrogens with zero attached hydrogens (tertiary/aromatic N) is 5. The van der Waals surface area contributed by atoms with Crippen LogP contribution in [0.15, 0.2) is 36.8 Å². The summed E-state index contributed by atoms with van der Waals surface area (Å²) >= 11 is 12.7. The van der Waals surface area contributed by atoms with Gasteiger partial charge < -0.3 is 19.5 Å². The smallest absolute Gasteiger partial charge is 0.211 e. The van der Waals surface area contributed by atoms with E-state index in [2.05, 4.69) is 25.1 Å². The van der Waals surface area contributed by atoms with Crippen molar-refractivity contribution in [2.75, 3.05) is 44.4 Å². The highest BCUT2D eigenvalue weighted by Gasteiger charge is 2.54. The first-order valence-corrected chi connectivity index (χ1v) is 15.4. The maximum absolute atomic E-state index is 11.8. The van der Waals surface area contributed by atoms with E-state index in [1.807, 2.05) is 19.1 Å². The molecule has 5 heterocycles. The molecule has 2 saturated heterocycles. The van der Waals surface area contributed by atoms with Gasteiger partial charge in [-0.3, -0.25) is 10.1 Å². The van der Waals surface area contributed by atoms with Crippen molar-refractivity contribution in [1.82, 2.24) is 24.5 Å². The van der Waals surface area contributed by atoms with Crippen molar-refractivity contribution in [2.45, 2.75) is 19.6 Å². The van der Waals surface area contributed by atoms with E-state index in [9.17, 15) is 13.5 Å². The number of aliphatic hydroxyl groups excluding tert-OH is 1. The van der Waals surface area contributed by atoms with E-state index in [4.69, 9.17) is 32.7 Å². The molecule has 2 aliphatic rings. The van der Waals surface area contributed by atoms with Crippen molar-refractivity contribution >= 4 is 49.9 Å². The summed E-state index contributed by atoms with van der Waals surface area (Å²) in [6, 6.07) is 5.51. The van der Waals surface area contributed by atoms with Gasteiger partial charge in [0, 0.05) is 78.3 Å². The molecule has 0 aliphatic carbocycles. The van der Waals surface area contributed by atoms with E-state index in [0.717, 1.165) is 16.5 Å². The molecule has 216 valence electrons. The molecule has 41 heavy (non-hydrogen) atoms. The van der Waals surface area contributed by atoms with Gasteiger partial charge in [-0.25, -0.2) is 17.7 Å². The maximum atomic E-state index is 11.8. The monoisotopic (exact) mass is 618 g/mol. The predicted octanol–water partition coefficient (Wildman–Crippen LogP) is 4.05. The molecule has 2 N–H and O–H groups in total. The summed E-state index contributed by atoms with van der Waals surface area (Å²) in [6.45, 7) is 4.04. The largest absolute Gasteiger partial charge is 0.493 e. The average molecular weight is 620 g/mol. The van der Waals surface area contributed by atoms with E-state index < -0.39 is 16.1 Å². The molecule has 2 aliphatic heterocycles. The predicted molar refractivity (Wildman–Crippen MR) is 156 cm³/mol. The number of benzene rings is 1. The van der Waals surface area contributed by atoms with Gasteiger partial charge in [0.1, 0.15) is 17.6 Å². The molecule has 1 aromatic carbocycles. The minimum Gasteiger partial charge on any atom is -0.493 e. The molecule has 0 saturated carbocycles. The molecule has 2 fully saturated rings. The molecule has 6 rings (SSSR count). The van der Waals surface area contributed by atoms with Gasteiger partial charge in [-0.15, -0.1) is 0 Å². The molecule has 0 radical (unpaired) electrons. The Bertz CT molecular complexity index is 1730. The van der Waals surface area contributed by atoms with Crippen molar-refractivity contribution in [1.29, 1.82) is 0 Å².